The van der Waals surface area contributed by atoms with E-state index in [1.807, 2.05) is 12.1 Å². The van der Waals surface area contributed by atoms with Crippen LogP contribution in [-0.2, 0) is 15.6 Å². The van der Waals surface area contributed by atoms with E-state index < -0.39 is 9.84 Å². The number of hydrogen-bond donors (Lipinski definition) is 2. The third-order valence-corrected chi connectivity index (χ3v) is 6.91. The summed E-state index contributed by atoms with van der Waals surface area (Å²) in [6.45, 7) is 0.203. The van der Waals surface area contributed by atoms with Crippen LogP contribution in [0, 0.1) is 0 Å². The van der Waals surface area contributed by atoms with Crippen LogP contribution < -0.4 is 19.5 Å². The smallest absolute Gasteiger partial charge is 0.184 e. The largest absolute Gasteiger partial charge is 0.497 e. The molecule has 0 aliphatic heterocycles. The average molecular weight is 511 g/mol. The highest BCUT2D eigenvalue weighted by Crippen LogP contribution is 2.41. The number of nitrogens with zero attached hydrogens (tertiary/aromatic N) is 3. The van der Waals surface area contributed by atoms with Crippen LogP contribution in [0.3, 0.4) is 0 Å². The van der Waals surface area contributed by atoms with Gasteiger partial charge in [-0.1, -0.05) is 12.1 Å². The van der Waals surface area contributed by atoms with Gasteiger partial charge in [0, 0.05) is 37.6 Å². The quantitative estimate of drug-likeness (QED) is 0.289. The van der Waals surface area contributed by atoms with Crippen molar-refractivity contribution in [3.8, 4) is 17.2 Å². The van der Waals surface area contributed by atoms with E-state index in [1.54, 1.807) is 24.3 Å². The zero-order valence-electron chi connectivity index (χ0n) is 19.8. The van der Waals surface area contributed by atoms with E-state index in [-0.39, 0.29) is 35.4 Å². The monoisotopic (exact) mass is 510 g/mol. The molecule has 2 N–H and O–H groups in total. The van der Waals surface area contributed by atoms with Gasteiger partial charge in [-0.2, -0.15) is 0 Å². The van der Waals surface area contributed by atoms with Gasteiger partial charge in [-0.05, 0) is 24.3 Å². The summed E-state index contributed by atoms with van der Waals surface area (Å²) in [6, 6.07) is 13.4. The predicted molar refractivity (Wildman–Crippen MR) is 135 cm³/mol. The molecule has 10 nitrogen and oxygen atoms in total. The number of fused-ring (bicyclic) bond motifs is 1. The van der Waals surface area contributed by atoms with Gasteiger partial charge >= 0.3 is 0 Å². The molecule has 2 aromatic heterocycles. The van der Waals surface area contributed by atoms with E-state index in [1.165, 1.54) is 38.7 Å². The maximum atomic E-state index is 13.2. The molecular weight excluding hydrogens is 484 g/mol. The molecule has 2 aromatic carbocycles. The van der Waals surface area contributed by atoms with Gasteiger partial charge < -0.3 is 24.6 Å². The van der Waals surface area contributed by atoms with Crippen molar-refractivity contribution >= 4 is 32.4 Å². The summed E-state index contributed by atoms with van der Waals surface area (Å²) in [5.74, 6) is 1.11. The van der Waals surface area contributed by atoms with E-state index in [0.29, 0.717) is 40.4 Å². The summed E-state index contributed by atoms with van der Waals surface area (Å²) >= 11 is 0. The number of aliphatic hydroxyl groups is 1. The van der Waals surface area contributed by atoms with Crippen molar-refractivity contribution in [2.24, 2.45) is 0 Å². The van der Waals surface area contributed by atoms with Crippen molar-refractivity contribution in [3.05, 3.63) is 66.6 Å². The molecular formula is C25H26N4O6S. The highest BCUT2D eigenvalue weighted by molar-refractivity contribution is 7.90. The Labute approximate surface area is 208 Å². The number of ether oxygens (including phenoxy) is 3. The molecule has 4 rings (SSSR count). The number of aliphatic hydroxyl groups excluding tert-OH is 1. The molecule has 2 heterocycles. The van der Waals surface area contributed by atoms with Gasteiger partial charge in [0.2, 0.25) is 0 Å². The molecule has 0 saturated carbocycles. The van der Waals surface area contributed by atoms with Crippen molar-refractivity contribution in [2.45, 2.75) is 17.1 Å². The lowest BCUT2D eigenvalue weighted by molar-refractivity contribution is 0.228. The highest BCUT2D eigenvalue weighted by Gasteiger charge is 2.22. The first-order chi connectivity index (χ1) is 17.4. The molecule has 0 amide bonds. The van der Waals surface area contributed by atoms with Crippen LogP contribution in [0.25, 0.3) is 11.0 Å². The number of pyridine rings is 1. The number of benzene rings is 2. The first kappa shape index (κ1) is 25.1. The summed E-state index contributed by atoms with van der Waals surface area (Å²) in [5.41, 5.74) is 1.82. The van der Waals surface area contributed by atoms with Gasteiger partial charge in [-0.15, -0.1) is 0 Å². The molecule has 0 bridgehead atoms. The topological polar surface area (TPSA) is 133 Å². The number of aromatic nitrogens is 3. The Bertz CT molecular complexity index is 1450. The van der Waals surface area contributed by atoms with Gasteiger partial charge in [0.15, 0.2) is 27.2 Å². The molecule has 11 heteroatoms. The fraction of sp³-hybridized carbons (Fsp3) is 0.240. The lowest BCUT2D eigenvalue weighted by atomic mass is 10.2. The lowest BCUT2D eigenvalue weighted by Crippen LogP contribution is -2.11. The number of para-hydroxylation sites is 2. The van der Waals surface area contributed by atoms with Crippen LogP contribution in [0.15, 0.2) is 65.8 Å². The summed E-state index contributed by atoms with van der Waals surface area (Å²) in [7, 11) is -0.720. The van der Waals surface area contributed by atoms with E-state index in [2.05, 4.69) is 20.3 Å². The molecule has 188 valence electrons. The van der Waals surface area contributed by atoms with Gasteiger partial charge in [0.25, 0.3) is 0 Å². The van der Waals surface area contributed by atoms with Gasteiger partial charge in [0.05, 0.1) is 48.1 Å². The minimum absolute atomic E-state index is 0.0333. The first-order valence-corrected chi connectivity index (χ1v) is 12.8. The van der Waals surface area contributed by atoms with Gasteiger partial charge in [0.1, 0.15) is 11.5 Å². The van der Waals surface area contributed by atoms with Crippen LogP contribution in [0.1, 0.15) is 12.1 Å². The fourth-order valence-corrected chi connectivity index (χ4v) is 4.77. The number of anilines is 2. The van der Waals surface area contributed by atoms with Crippen LogP contribution >= 0.6 is 0 Å². The van der Waals surface area contributed by atoms with Gasteiger partial charge in [-0.25, -0.2) is 18.4 Å². The molecule has 0 atom stereocenters. The lowest BCUT2D eigenvalue weighted by Gasteiger charge is -2.19. The normalized spacial score (nSPS) is 11.3. The van der Waals surface area contributed by atoms with E-state index in [9.17, 15) is 13.5 Å². The van der Waals surface area contributed by atoms with E-state index in [0.717, 1.165) is 0 Å². The second-order valence-electron chi connectivity index (χ2n) is 7.71. The van der Waals surface area contributed by atoms with Crippen molar-refractivity contribution in [2.75, 3.05) is 32.8 Å². The maximum Gasteiger partial charge on any atom is 0.184 e. The Morgan fingerprint density at radius 2 is 1.69 bits per heavy atom. The molecule has 0 aliphatic rings. The summed E-state index contributed by atoms with van der Waals surface area (Å²) in [5, 5.41) is 12.4. The molecule has 0 unspecified atom stereocenters. The SMILES string of the molecule is COc1cc(Nc2nc3ccccc3nc2CS(=O)(=O)c2ccncc2)c(OCCCO)c(OC)c1. The van der Waals surface area contributed by atoms with Crippen molar-refractivity contribution in [1.29, 1.82) is 0 Å². The second-order valence-corrected chi connectivity index (χ2v) is 9.70. The number of rotatable bonds is 11. The number of nitrogens with one attached hydrogen (secondary N) is 1. The summed E-state index contributed by atoms with van der Waals surface area (Å²) < 4.78 is 43.1. The predicted octanol–water partition coefficient (Wildman–Crippen LogP) is 3.52. The van der Waals surface area contributed by atoms with Crippen LogP contribution in [0.2, 0.25) is 0 Å². The third-order valence-electron chi connectivity index (χ3n) is 5.26. The Kier molecular flexibility index (Phi) is 7.81. The van der Waals surface area contributed by atoms with Crippen LogP contribution in [0.4, 0.5) is 11.5 Å². The number of methoxy groups -OCH3 is 2. The summed E-state index contributed by atoms with van der Waals surface area (Å²) in [4.78, 5) is 13.3. The van der Waals surface area contributed by atoms with E-state index in [4.69, 9.17) is 14.2 Å². The molecule has 36 heavy (non-hydrogen) atoms. The number of sulfone groups is 1. The minimum Gasteiger partial charge on any atom is -0.497 e. The third kappa shape index (κ3) is 5.64. The zero-order chi connectivity index (χ0) is 25.5. The summed E-state index contributed by atoms with van der Waals surface area (Å²) in [6.07, 6.45) is 3.27. The average Bonchev–Trinajstić information content (AvgIpc) is 2.90. The molecule has 0 aliphatic carbocycles. The first-order valence-electron chi connectivity index (χ1n) is 11.1. The molecule has 4 aromatic rings. The van der Waals surface area contributed by atoms with Crippen LogP contribution in [-0.4, -0.2) is 55.9 Å². The Balaban J connectivity index is 1.81. The Morgan fingerprint density at radius 3 is 2.36 bits per heavy atom. The van der Waals surface area contributed by atoms with Gasteiger partial charge in [-0.3, -0.25) is 4.98 Å². The standard InChI is InChI=1S/C25H26N4O6S/c1-33-17-14-21(24(23(15-17)34-2)35-13-5-12-30)29-25-22(27-19-6-3-4-7-20(19)28-25)16-36(31,32)18-8-10-26-11-9-18/h3-4,6-11,14-15,30H,5,12-13,16H2,1-2H3,(H,28,29). The Hall–Kier alpha value is -3.96. The minimum atomic E-state index is -3.74. The number of hydrogen-bond acceptors (Lipinski definition) is 10. The second kappa shape index (κ2) is 11.2. The van der Waals surface area contributed by atoms with Crippen molar-refractivity contribution in [3.63, 3.8) is 0 Å². The molecule has 0 spiro atoms. The van der Waals surface area contributed by atoms with Crippen LogP contribution in [0.5, 0.6) is 17.2 Å². The Morgan fingerprint density at radius 1 is 0.972 bits per heavy atom. The maximum absolute atomic E-state index is 13.2. The fourth-order valence-electron chi connectivity index (χ4n) is 3.50. The highest BCUT2D eigenvalue weighted by atomic mass is 32.2. The van der Waals surface area contributed by atoms with Crippen molar-refractivity contribution < 1.29 is 27.7 Å². The molecule has 0 radical (unpaired) electrons. The zero-order valence-corrected chi connectivity index (χ0v) is 20.7. The molecule has 0 fully saturated rings. The van der Waals surface area contributed by atoms with E-state index >= 15 is 0 Å². The molecule has 0 saturated heterocycles. The van der Waals surface area contributed by atoms with Crippen molar-refractivity contribution in [1.82, 2.24) is 15.0 Å².